The molecule has 1 fully saturated rings. The number of rotatable bonds is 8. The average Bonchev–Trinajstić information content (AvgIpc) is 2.65. The third-order valence-corrected chi connectivity index (χ3v) is 5.77. The van der Waals surface area contributed by atoms with Gasteiger partial charge in [0.2, 0.25) is 5.91 Å². The van der Waals surface area contributed by atoms with Crippen LogP contribution in [0.3, 0.4) is 0 Å². The molecule has 4 nitrogen and oxygen atoms in total. The number of hydrogen-bond acceptors (Lipinski definition) is 3. The lowest BCUT2D eigenvalue weighted by molar-refractivity contribution is -0.126. The molecule has 4 heteroatoms. The van der Waals surface area contributed by atoms with Gasteiger partial charge in [0.25, 0.3) is 0 Å². The maximum absolute atomic E-state index is 12.6. The fourth-order valence-corrected chi connectivity index (χ4v) is 3.81. The second kappa shape index (κ2) is 9.35. The van der Waals surface area contributed by atoms with Gasteiger partial charge in [-0.2, -0.15) is 0 Å². The molecule has 1 aliphatic heterocycles. The Morgan fingerprint density at radius 2 is 1.96 bits per heavy atom. The molecule has 1 aromatic rings. The van der Waals surface area contributed by atoms with Crippen LogP contribution in [0.1, 0.15) is 65.0 Å². The van der Waals surface area contributed by atoms with Crippen LogP contribution >= 0.6 is 0 Å². The van der Waals surface area contributed by atoms with Crippen LogP contribution < -0.4 is 16.0 Å². The first-order valence-electron chi connectivity index (χ1n) is 9.83. The number of piperidine rings is 1. The lowest BCUT2D eigenvalue weighted by Crippen LogP contribution is -2.54. The summed E-state index contributed by atoms with van der Waals surface area (Å²) < 4.78 is 0. The van der Waals surface area contributed by atoms with E-state index in [-0.39, 0.29) is 23.4 Å². The van der Waals surface area contributed by atoms with Crippen molar-refractivity contribution in [2.24, 2.45) is 5.92 Å². The molecule has 0 bridgehead atoms. The van der Waals surface area contributed by atoms with Crippen LogP contribution in [-0.2, 0) is 4.79 Å². The third-order valence-electron chi connectivity index (χ3n) is 5.77. The molecule has 1 unspecified atom stereocenters. The summed E-state index contributed by atoms with van der Waals surface area (Å²) in [5.41, 5.74) is 1.22. The molecule has 1 saturated heterocycles. The van der Waals surface area contributed by atoms with Gasteiger partial charge >= 0.3 is 0 Å². The maximum Gasteiger partial charge on any atom is 0.223 e. The molecule has 1 heterocycles. The van der Waals surface area contributed by atoms with Gasteiger partial charge in [-0.1, -0.05) is 44.2 Å². The highest BCUT2D eigenvalue weighted by atomic mass is 16.1. The zero-order valence-electron chi connectivity index (χ0n) is 16.3. The predicted molar refractivity (Wildman–Crippen MR) is 105 cm³/mol. The van der Waals surface area contributed by atoms with Crippen molar-refractivity contribution < 1.29 is 4.79 Å². The Morgan fingerprint density at radius 1 is 1.28 bits per heavy atom. The number of carbonyl (C=O) groups is 1. The summed E-state index contributed by atoms with van der Waals surface area (Å²) in [4.78, 5) is 12.6. The quantitative estimate of drug-likeness (QED) is 0.677. The van der Waals surface area contributed by atoms with E-state index in [1.54, 1.807) is 0 Å². The van der Waals surface area contributed by atoms with Crippen molar-refractivity contribution in [1.82, 2.24) is 16.0 Å². The molecule has 3 atom stereocenters. The van der Waals surface area contributed by atoms with E-state index in [1.807, 2.05) is 6.07 Å². The number of benzene rings is 1. The molecule has 140 valence electrons. The molecule has 0 aliphatic carbocycles. The zero-order chi connectivity index (χ0) is 18.3. The minimum Gasteiger partial charge on any atom is -0.354 e. The fourth-order valence-electron chi connectivity index (χ4n) is 3.81. The molecular formula is C21H35N3O. The maximum atomic E-state index is 12.6. The first kappa shape index (κ1) is 19.9. The zero-order valence-corrected chi connectivity index (χ0v) is 16.3. The van der Waals surface area contributed by atoms with Gasteiger partial charge in [-0.15, -0.1) is 0 Å². The van der Waals surface area contributed by atoms with Gasteiger partial charge in [0.1, 0.15) is 0 Å². The highest BCUT2D eigenvalue weighted by Gasteiger charge is 2.31. The van der Waals surface area contributed by atoms with Crippen molar-refractivity contribution in [3.8, 4) is 0 Å². The fraction of sp³-hybridized carbons (Fsp3) is 0.667. The van der Waals surface area contributed by atoms with E-state index >= 15 is 0 Å². The van der Waals surface area contributed by atoms with Crippen LogP contribution in [-0.4, -0.2) is 30.6 Å². The largest absolute Gasteiger partial charge is 0.354 e. The molecule has 1 aromatic carbocycles. The Morgan fingerprint density at radius 3 is 2.56 bits per heavy atom. The van der Waals surface area contributed by atoms with Crippen LogP contribution in [0.4, 0.5) is 0 Å². The van der Waals surface area contributed by atoms with Crippen molar-refractivity contribution in [3.05, 3.63) is 35.9 Å². The number of hydrogen-bond donors (Lipinski definition) is 3. The minimum absolute atomic E-state index is 0.0660. The van der Waals surface area contributed by atoms with Crippen molar-refractivity contribution in [1.29, 1.82) is 0 Å². The van der Waals surface area contributed by atoms with E-state index < -0.39 is 0 Å². The molecule has 2 rings (SSSR count). The van der Waals surface area contributed by atoms with Crippen LogP contribution in [0.5, 0.6) is 0 Å². The Balaban J connectivity index is 1.95. The van der Waals surface area contributed by atoms with Gasteiger partial charge in [-0.25, -0.2) is 0 Å². The smallest absolute Gasteiger partial charge is 0.223 e. The van der Waals surface area contributed by atoms with E-state index in [0.717, 1.165) is 32.2 Å². The lowest BCUT2D eigenvalue weighted by Gasteiger charge is -2.37. The van der Waals surface area contributed by atoms with Crippen molar-refractivity contribution in [3.63, 3.8) is 0 Å². The predicted octanol–water partition coefficient (Wildman–Crippen LogP) is 3.40. The molecule has 25 heavy (non-hydrogen) atoms. The topological polar surface area (TPSA) is 53.2 Å². The van der Waals surface area contributed by atoms with E-state index in [1.165, 1.54) is 5.56 Å². The van der Waals surface area contributed by atoms with Crippen LogP contribution in [0.2, 0.25) is 0 Å². The second-order valence-electron chi connectivity index (χ2n) is 7.56. The van der Waals surface area contributed by atoms with Gasteiger partial charge in [0.05, 0.1) is 0 Å². The summed E-state index contributed by atoms with van der Waals surface area (Å²) in [5, 5.41) is 10.4. The summed E-state index contributed by atoms with van der Waals surface area (Å²) in [6.07, 6.45) is 3.85. The summed E-state index contributed by atoms with van der Waals surface area (Å²) >= 11 is 0. The molecule has 0 radical (unpaired) electrons. The van der Waals surface area contributed by atoms with Crippen molar-refractivity contribution in [2.45, 2.75) is 71.0 Å². The van der Waals surface area contributed by atoms with Gasteiger partial charge in [0, 0.05) is 30.1 Å². The second-order valence-corrected chi connectivity index (χ2v) is 7.56. The monoisotopic (exact) mass is 345 g/mol. The minimum atomic E-state index is -0.0660. The highest BCUT2D eigenvalue weighted by molar-refractivity contribution is 5.78. The molecule has 0 aromatic heterocycles. The first-order valence-corrected chi connectivity index (χ1v) is 9.83. The Bertz CT molecular complexity index is 527. The molecule has 0 saturated carbocycles. The average molecular weight is 346 g/mol. The number of carbonyl (C=O) groups excluding carboxylic acids is 1. The van der Waals surface area contributed by atoms with E-state index in [9.17, 15) is 4.79 Å². The summed E-state index contributed by atoms with van der Waals surface area (Å²) in [7, 11) is 0. The van der Waals surface area contributed by atoms with E-state index in [4.69, 9.17) is 0 Å². The van der Waals surface area contributed by atoms with Gasteiger partial charge in [-0.3, -0.25) is 4.79 Å². The molecule has 1 aliphatic rings. The molecule has 3 N–H and O–H groups in total. The summed E-state index contributed by atoms with van der Waals surface area (Å²) in [6, 6.07) is 11.2. The molecule has 0 spiro atoms. The van der Waals surface area contributed by atoms with E-state index in [2.05, 4.69) is 67.9 Å². The Labute approximate surface area is 153 Å². The van der Waals surface area contributed by atoms with Crippen molar-refractivity contribution in [2.75, 3.05) is 13.1 Å². The first-order chi connectivity index (χ1) is 12.0. The van der Waals surface area contributed by atoms with Crippen LogP contribution in [0.25, 0.3) is 0 Å². The van der Waals surface area contributed by atoms with Crippen LogP contribution in [0.15, 0.2) is 30.3 Å². The van der Waals surface area contributed by atoms with Gasteiger partial charge in [0.15, 0.2) is 0 Å². The van der Waals surface area contributed by atoms with Crippen molar-refractivity contribution >= 4 is 5.91 Å². The highest BCUT2D eigenvalue weighted by Crippen LogP contribution is 2.22. The molecular weight excluding hydrogens is 310 g/mol. The third kappa shape index (κ3) is 5.55. The number of amides is 1. The van der Waals surface area contributed by atoms with Gasteiger partial charge in [-0.05, 0) is 51.6 Å². The van der Waals surface area contributed by atoms with Gasteiger partial charge < -0.3 is 16.0 Å². The Kier molecular flexibility index (Phi) is 7.45. The SMILES string of the molecule is CCC(CC)(CNC(=O)[C@H]1CCN[C@@H](C)C1)NC(C)c1ccccc1. The van der Waals surface area contributed by atoms with E-state index in [0.29, 0.717) is 12.6 Å². The summed E-state index contributed by atoms with van der Waals surface area (Å²) in [6.45, 7) is 10.4. The lowest BCUT2D eigenvalue weighted by atomic mass is 9.89. The standard InChI is InChI=1S/C21H35N3O/c1-5-21(6-2,24-17(4)18-10-8-7-9-11-18)15-23-20(25)19-12-13-22-16(3)14-19/h7-11,16-17,19,22,24H,5-6,12-15H2,1-4H3,(H,23,25)/t16-,17?,19-/m0/s1. The number of nitrogens with one attached hydrogen (secondary N) is 3. The normalized spacial score (nSPS) is 22.4. The molecule has 1 amide bonds. The van der Waals surface area contributed by atoms with Crippen LogP contribution in [0, 0.1) is 5.92 Å². The Hall–Kier alpha value is -1.39. The summed E-state index contributed by atoms with van der Waals surface area (Å²) in [5.74, 6) is 0.364.